The van der Waals surface area contributed by atoms with Gasteiger partial charge in [-0.15, -0.1) is 0 Å². The Morgan fingerprint density at radius 3 is 2.41 bits per heavy atom. The Hall–Kier alpha value is -0.913. The third-order valence-electron chi connectivity index (χ3n) is 4.55. The van der Waals surface area contributed by atoms with E-state index in [1.54, 1.807) is 12.1 Å². The van der Waals surface area contributed by atoms with Crippen LogP contribution in [0.3, 0.4) is 0 Å². The number of halogens is 1. The molecule has 1 aromatic rings. The Kier molecular flexibility index (Phi) is 5.30. The van der Waals surface area contributed by atoms with Gasteiger partial charge in [-0.1, -0.05) is 20.8 Å². The van der Waals surface area contributed by atoms with Gasteiger partial charge in [-0.2, -0.15) is 0 Å². The van der Waals surface area contributed by atoms with Gasteiger partial charge in [-0.05, 0) is 48.8 Å². The summed E-state index contributed by atoms with van der Waals surface area (Å²) in [4.78, 5) is 0. The Morgan fingerprint density at radius 1 is 1.18 bits per heavy atom. The van der Waals surface area contributed by atoms with Crippen molar-refractivity contribution < 1.29 is 18.3 Å². The van der Waals surface area contributed by atoms with Gasteiger partial charge < -0.3 is 13.9 Å². The minimum atomic E-state index is -1.80. The molecule has 1 fully saturated rings. The van der Waals surface area contributed by atoms with E-state index in [0.29, 0.717) is 12.4 Å². The van der Waals surface area contributed by atoms with Crippen LogP contribution in [0, 0.1) is 5.82 Å². The van der Waals surface area contributed by atoms with Crippen LogP contribution < -0.4 is 4.74 Å². The van der Waals surface area contributed by atoms with Crippen LogP contribution in [0.25, 0.3) is 0 Å². The summed E-state index contributed by atoms with van der Waals surface area (Å²) in [7, 11) is -1.80. The molecule has 0 radical (unpaired) electrons. The average molecular weight is 326 g/mol. The maximum absolute atomic E-state index is 12.8. The molecule has 1 aliphatic rings. The van der Waals surface area contributed by atoms with Gasteiger partial charge in [0.05, 0.1) is 6.10 Å². The number of hydrogen-bond donors (Lipinski definition) is 0. The van der Waals surface area contributed by atoms with Crippen molar-refractivity contribution in [1.29, 1.82) is 0 Å². The third kappa shape index (κ3) is 4.54. The van der Waals surface area contributed by atoms with E-state index in [2.05, 4.69) is 33.9 Å². The predicted octanol–water partition coefficient (Wildman–Crippen LogP) is 4.73. The molecule has 2 atom stereocenters. The number of benzene rings is 1. The first kappa shape index (κ1) is 17.4. The van der Waals surface area contributed by atoms with Crippen LogP contribution in [0.5, 0.6) is 5.75 Å². The molecule has 0 aromatic heterocycles. The third-order valence-corrected chi connectivity index (χ3v) is 9.01. The Labute approximate surface area is 133 Å². The smallest absolute Gasteiger partial charge is 0.195 e. The van der Waals surface area contributed by atoms with E-state index in [1.165, 1.54) is 12.1 Å². The highest BCUT2D eigenvalue weighted by Crippen LogP contribution is 2.39. The molecule has 3 nitrogen and oxygen atoms in total. The van der Waals surface area contributed by atoms with E-state index in [-0.39, 0.29) is 23.2 Å². The fraction of sp³-hybridized carbons (Fsp3) is 0.647. The molecule has 1 unspecified atom stereocenters. The molecule has 0 saturated carbocycles. The highest BCUT2D eigenvalue weighted by atomic mass is 28.4. The summed E-state index contributed by atoms with van der Waals surface area (Å²) in [5, 5.41) is 0.180. The predicted molar refractivity (Wildman–Crippen MR) is 88.1 cm³/mol. The highest BCUT2D eigenvalue weighted by molar-refractivity contribution is 6.74. The van der Waals surface area contributed by atoms with Crippen molar-refractivity contribution >= 4 is 8.32 Å². The summed E-state index contributed by atoms with van der Waals surface area (Å²) >= 11 is 0. The molecule has 124 valence electrons. The normalized spacial score (nSPS) is 22.8. The standard InChI is InChI=1S/C17H27FO3Si/c1-17(2,3)22(4,5)21-16-11-10-15(20-16)12-19-14-8-6-13(18)7-9-14/h6-9,15-16H,10-12H2,1-5H3/t15-,16?/m0/s1. The minimum absolute atomic E-state index is 0.0415. The van der Waals surface area contributed by atoms with Gasteiger partial charge in [0.25, 0.3) is 0 Å². The molecule has 0 N–H and O–H groups in total. The topological polar surface area (TPSA) is 27.7 Å². The lowest BCUT2D eigenvalue weighted by molar-refractivity contribution is -0.0895. The van der Waals surface area contributed by atoms with E-state index < -0.39 is 8.32 Å². The zero-order valence-electron chi connectivity index (χ0n) is 14.2. The van der Waals surface area contributed by atoms with Crippen molar-refractivity contribution in [3.05, 3.63) is 30.1 Å². The molecular formula is C17H27FO3Si. The van der Waals surface area contributed by atoms with Gasteiger partial charge in [-0.3, -0.25) is 0 Å². The second-order valence-electron chi connectivity index (χ2n) is 7.41. The monoisotopic (exact) mass is 326 g/mol. The summed E-state index contributed by atoms with van der Waals surface area (Å²) in [5.41, 5.74) is 0. The second kappa shape index (κ2) is 6.68. The molecule has 1 saturated heterocycles. The molecule has 2 rings (SSSR count). The van der Waals surface area contributed by atoms with Gasteiger partial charge in [0.1, 0.15) is 24.5 Å². The SMILES string of the molecule is CC(C)(C)[Si](C)(C)OC1CC[C@@H](COc2ccc(F)cc2)O1. The van der Waals surface area contributed by atoms with Gasteiger partial charge in [-0.25, -0.2) is 4.39 Å². The largest absolute Gasteiger partial charge is 0.491 e. The molecule has 1 aliphatic heterocycles. The summed E-state index contributed by atoms with van der Waals surface area (Å²) in [6.07, 6.45) is 1.76. The fourth-order valence-corrected chi connectivity index (χ4v) is 3.29. The molecule has 0 aliphatic carbocycles. The zero-order valence-corrected chi connectivity index (χ0v) is 15.2. The van der Waals surface area contributed by atoms with E-state index in [4.69, 9.17) is 13.9 Å². The Balaban J connectivity index is 1.79. The van der Waals surface area contributed by atoms with Crippen LogP contribution in [0.4, 0.5) is 4.39 Å². The van der Waals surface area contributed by atoms with Gasteiger partial charge >= 0.3 is 0 Å². The molecule has 0 spiro atoms. The van der Waals surface area contributed by atoms with Crippen molar-refractivity contribution in [3.8, 4) is 5.75 Å². The van der Waals surface area contributed by atoms with Crippen molar-refractivity contribution in [2.75, 3.05) is 6.61 Å². The molecule has 1 heterocycles. The van der Waals surface area contributed by atoms with Crippen molar-refractivity contribution in [2.24, 2.45) is 0 Å². The molecule has 1 aromatic carbocycles. The van der Waals surface area contributed by atoms with E-state index in [0.717, 1.165) is 12.8 Å². The van der Waals surface area contributed by atoms with Crippen LogP contribution in [0.2, 0.25) is 18.1 Å². The number of hydrogen-bond acceptors (Lipinski definition) is 3. The lowest BCUT2D eigenvalue weighted by Crippen LogP contribution is -2.44. The van der Waals surface area contributed by atoms with Gasteiger partial charge in [0.2, 0.25) is 0 Å². The maximum Gasteiger partial charge on any atom is 0.195 e. The first-order valence-electron chi connectivity index (χ1n) is 7.89. The van der Waals surface area contributed by atoms with E-state index in [9.17, 15) is 4.39 Å². The van der Waals surface area contributed by atoms with Crippen LogP contribution in [-0.4, -0.2) is 27.3 Å². The van der Waals surface area contributed by atoms with Crippen LogP contribution in [0.1, 0.15) is 33.6 Å². The van der Waals surface area contributed by atoms with Gasteiger partial charge in [0.15, 0.2) is 8.32 Å². The van der Waals surface area contributed by atoms with Crippen LogP contribution in [0.15, 0.2) is 24.3 Å². The molecule has 0 bridgehead atoms. The van der Waals surface area contributed by atoms with E-state index >= 15 is 0 Å². The molecule has 0 amide bonds. The molecular weight excluding hydrogens is 299 g/mol. The van der Waals surface area contributed by atoms with Crippen molar-refractivity contribution in [2.45, 2.75) is 64.1 Å². The summed E-state index contributed by atoms with van der Waals surface area (Å²) in [6.45, 7) is 11.6. The Morgan fingerprint density at radius 2 is 1.82 bits per heavy atom. The van der Waals surface area contributed by atoms with Crippen molar-refractivity contribution in [3.63, 3.8) is 0 Å². The van der Waals surface area contributed by atoms with Crippen LogP contribution >= 0.6 is 0 Å². The van der Waals surface area contributed by atoms with E-state index in [1.807, 2.05) is 0 Å². The second-order valence-corrected chi connectivity index (χ2v) is 12.2. The van der Waals surface area contributed by atoms with Crippen molar-refractivity contribution in [1.82, 2.24) is 0 Å². The zero-order chi connectivity index (χ0) is 16.4. The summed E-state index contributed by atoms with van der Waals surface area (Å²) < 4.78 is 30.7. The maximum atomic E-state index is 12.8. The first-order chi connectivity index (χ1) is 10.2. The van der Waals surface area contributed by atoms with Crippen LogP contribution in [-0.2, 0) is 9.16 Å². The summed E-state index contributed by atoms with van der Waals surface area (Å²) in [6, 6.07) is 6.06. The number of rotatable bonds is 5. The first-order valence-corrected chi connectivity index (χ1v) is 10.8. The lowest BCUT2D eigenvalue weighted by Gasteiger charge is -2.38. The Bertz CT molecular complexity index is 482. The average Bonchev–Trinajstić information content (AvgIpc) is 2.84. The van der Waals surface area contributed by atoms with Gasteiger partial charge in [0, 0.05) is 6.42 Å². The minimum Gasteiger partial charge on any atom is -0.491 e. The quantitative estimate of drug-likeness (QED) is 0.732. The summed E-state index contributed by atoms with van der Waals surface area (Å²) in [5.74, 6) is 0.408. The highest BCUT2D eigenvalue weighted by Gasteiger charge is 2.41. The molecule has 22 heavy (non-hydrogen) atoms. The number of ether oxygens (including phenoxy) is 2. The molecule has 5 heteroatoms. The lowest BCUT2D eigenvalue weighted by atomic mass is 10.2. The fourth-order valence-electron chi connectivity index (χ4n) is 2.11.